The summed E-state index contributed by atoms with van der Waals surface area (Å²) in [5.41, 5.74) is 0.672. The summed E-state index contributed by atoms with van der Waals surface area (Å²) in [6.07, 6.45) is 5.74. The number of halogens is 1. The molecule has 2 rings (SSSR count). The molecule has 1 N–H and O–H groups in total. The maximum Gasteiger partial charge on any atom is 0.0169 e. The normalized spacial score (nSPS) is 27.8. The largest absolute Gasteiger partial charge is 0.303 e. The molecule has 2 fully saturated rings. The van der Waals surface area contributed by atoms with E-state index in [1.807, 2.05) is 0 Å². The zero-order valence-electron chi connectivity index (χ0n) is 7.48. The molecular weight excluding hydrogens is 263 g/mol. The predicted octanol–water partition coefficient (Wildman–Crippen LogP) is 1.80. The molecule has 0 bridgehead atoms. The minimum absolute atomic E-state index is 0.672. The molecule has 1 heterocycles. The molecule has 2 nitrogen and oxygen atoms in total. The summed E-state index contributed by atoms with van der Waals surface area (Å²) in [5.74, 6) is 0. The van der Waals surface area contributed by atoms with Gasteiger partial charge in [-0.2, -0.15) is 0 Å². The van der Waals surface area contributed by atoms with E-state index in [0.717, 1.165) is 0 Å². The van der Waals surface area contributed by atoms with E-state index in [1.165, 1.54) is 51.9 Å². The molecule has 0 unspecified atom stereocenters. The molecule has 0 amide bonds. The van der Waals surface area contributed by atoms with Crippen molar-refractivity contribution in [1.82, 2.24) is 8.43 Å². The fourth-order valence-electron chi connectivity index (χ4n) is 2.12. The molecule has 1 saturated heterocycles. The summed E-state index contributed by atoms with van der Waals surface area (Å²) < 4.78 is 3.29. The first-order valence-corrected chi connectivity index (χ1v) is 5.98. The monoisotopic (exact) mass is 280 g/mol. The van der Waals surface area contributed by atoms with Crippen LogP contribution >= 0.6 is 22.9 Å². The second-order valence-electron chi connectivity index (χ2n) is 4.29. The molecule has 1 aliphatic carbocycles. The van der Waals surface area contributed by atoms with Crippen LogP contribution < -0.4 is 3.53 Å². The van der Waals surface area contributed by atoms with Crippen molar-refractivity contribution in [2.45, 2.75) is 25.7 Å². The van der Waals surface area contributed by atoms with Gasteiger partial charge in [-0.15, -0.1) is 0 Å². The molecule has 0 aromatic heterocycles. The van der Waals surface area contributed by atoms with Crippen LogP contribution in [0.2, 0.25) is 0 Å². The second kappa shape index (κ2) is 3.80. The fourth-order valence-corrected chi connectivity index (χ4v) is 2.93. The molecule has 0 radical (unpaired) electrons. The van der Waals surface area contributed by atoms with Gasteiger partial charge in [-0.05, 0) is 44.2 Å². The van der Waals surface area contributed by atoms with Gasteiger partial charge in [-0.3, -0.25) is 3.53 Å². The zero-order valence-corrected chi connectivity index (χ0v) is 9.64. The van der Waals surface area contributed by atoms with E-state index >= 15 is 0 Å². The van der Waals surface area contributed by atoms with Crippen LogP contribution in [0.15, 0.2) is 0 Å². The molecule has 70 valence electrons. The van der Waals surface area contributed by atoms with E-state index in [1.54, 1.807) is 0 Å². The Morgan fingerprint density at radius 2 is 1.92 bits per heavy atom. The number of hydrogen-bond acceptors (Lipinski definition) is 2. The van der Waals surface area contributed by atoms with Crippen molar-refractivity contribution in [3.8, 4) is 0 Å². The number of nitrogens with one attached hydrogen (secondary N) is 1. The van der Waals surface area contributed by atoms with Gasteiger partial charge in [0.25, 0.3) is 0 Å². The van der Waals surface area contributed by atoms with Gasteiger partial charge in [0.15, 0.2) is 0 Å². The molecule has 1 saturated carbocycles. The molecule has 0 aromatic carbocycles. The lowest BCUT2D eigenvalue weighted by Crippen LogP contribution is -2.32. The lowest BCUT2D eigenvalue weighted by atomic mass is 10.1. The molecule has 0 aromatic rings. The summed E-state index contributed by atoms with van der Waals surface area (Å²) in [6.45, 7) is 5.26. The summed E-state index contributed by atoms with van der Waals surface area (Å²) in [4.78, 5) is 2.64. The Hall–Kier alpha value is 0.650. The minimum atomic E-state index is 0.672. The highest BCUT2D eigenvalue weighted by molar-refractivity contribution is 14.1. The van der Waals surface area contributed by atoms with Gasteiger partial charge in [0.1, 0.15) is 0 Å². The van der Waals surface area contributed by atoms with Crippen molar-refractivity contribution in [3.05, 3.63) is 0 Å². The number of nitrogens with zero attached hydrogens (tertiary/aromatic N) is 1. The third-order valence-corrected chi connectivity index (χ3v) is 3.54. The summed E-state index contributed by atoms with van der Waals surface area (Å²) in [5, 5.41) is 0. The van der Waals surface area contributed by atoms with Gasteiger partial charge < -0.3 is 4.90 Å². The zero-order chi connectivity index (χ0) is 8.44. The standard InChI is InChI=1S/C9H17IN2/c10-11-7-9(3-4-9)8-12-5-1-2-6-12/h11H,1-8H2. The van der Waals surface area contributed by atoms with Crippen LogP contribution in [0.5, 0.6) is 0 Å². The Labute approximate surface area is 88.6 Å². The van der Waals surface area contributed by atoms with Crippen molar-refractivity contribution in [2.75, 3.05) is 26.2 Å². The van der Waals surface area contributed by atoms with Gasteiger partial charge in [0.2, 0.25) is 0 Å². The summed E-state index contributed by atoms with van der Waals surface area (Å²) in [6, 6.07) is 0. The highest BCUT2D eigenvalue weighted by atomic mass is 127. The summed E-state index contributed by atoms with van der Waals surface area (Å²) in [7, 11) is 0. The van der Waals surface area contributed by atoms with Crippen LogP contribution in [0.25, 0.3) is 0 Å². The molecular formula is C9H17IN2. The van der Waals surface area contributed by atoms with Crippen molar-refractivity contribution in [3.63, 3.8) is 0 Å². The van der Waals surface area contributed by atoms with Gasteiger partial charge in [0.05, 0.1) is 0 Å². The molecule has 12 heavy (non-hydrogen) atoms. The molecule has 3 heteroatoms. The van der Waals surface area contributed by atoms with E-state index in [0.29, 0.717) is 5.41 Å². The second-order valence-corrected chi connectivity index (χ2v) is 5.06. The van der Waals surface area contributed by atoms with Crippen LogP contribution in [0, 0.1) is 5.41 Å². The maximum absolute atomic E-state index is 3.29. The fraction of sp³-hybridized carbons (Fsp3) is 1.00. The van der Waals surface area contributed by atoms with Gasteiger partial charge >= 0.3 is 0 Å². The molecule has 0 spiro atoms. The highest BCUT2D eigenvalue weighted by Gasteiger charge is 2.43. The van der Waals surface area contributed by atoms with Crippen molar-refractivity contribution in [2.24, 2.45) is 5.41 Å². The first-order valence-electron chi connectivity index (χ1n) is 4.91. The van der Waals surface area contributed by atoms with Gasteiger partial charge in [-0.25, -0.2) is 0 Å². The average Bonchev–Trinajstić information content (AvgIpc) is 2.63. The number of rotatable bonds is 4. The van der Waals surface area contributed by atoms with Crippen LogP contribution in [0.4, 0.5) is 0 Å². The molecule has 0 atom stereocenters. The Bertz CT molecular complexity index is 151. The van der Waals surface area contributed by atoms with E-state index in [4.69, 9.17) is 0 Å². The van der Waals surface area contributed by atoms with E-state index in [9.17, 15) is 0 Å². The van der Waals surface area contributed by atoms with Crippen molar-refractivity contribution in [1.29, 1.82) is 0 Å². The van der Waals surface area contributed by atoms with Crippen LogP contribution in [0.3, 0.4) is 0 Å². The SMILES string of the molecule is INCC1(CN2CCCC2)CC1. The predicted molar refractivity (Wildman–Crippen MR) is 59.4 cm³/mol. The Kier molecular flexibility index (Phi) is 2.92. The highest BCUT2D eigenvalue weighted by Crippen LogP contribution is 2.46. The van der Waals surface area contributed by atoms with Crippen molar-refractivity contribution < 1.29 is 0 Å². The lowest BCUT2D eigenvalue weighted by Gasteiger charge is -2.22. The van der Waals surface area contributed by atoms with Crippen LogP contribution in [-0.2, 0) is 0 Å². The number of hydrogen-bond donors (Lipinski definition) is 1. The van der Waals surface area contributed by atoms with Crippen molar-refractivity contribution >= 4 is 22.9 Å². The van der Waals surface area contributed by atoms with Gasteiger partial charge in [0, 0.05) is 36.0 Å². The van der Waals surface area contributed by atoms with E-state index < -0.39 is 0 Å². The molecule has 2 aliphatic rings. The maximum atomic E-state index is 3.29. The van der Waals surface area contributed by atoms with Crippen LogP contribution in [-0.4, -0.2) is 31.1 Å². The van der Waals surface area contributed by atoms with E-state index in [-0.39, 0.29) is 0 Å². The summed E-state index contributed by atoms with van der Waals surface area (Å²) >= 11 is 2.27. The third-order valence-electron chi connectivity index (χ3n) is 3.16. The van der Waals surface area contributed by atoms with E-state index in [2.05, 4.69) is 31.3 Å². The quantitative estimate of drug-likeness (QED) is 0.624. The Morgan fingerprint density at radius 1 is 1.25 bits per heavy atom. The first-order chi connectivity index (χ1) is 5.85. The van der Waals surface area contributed by atoms with Crippen LogP contribution in [0.1, 0.15) is 25.7 Å². The topological polar surface area (TPSA) is 15.3 Å². The smallest absolute Gasteiger partial charge is 0.0169 e. The average molecular weight is 280 g/mol. The third kappa shape index (κ3) is 2.12. The number of likely N-dealkylation sites (tertiary alicyclic amines) is 1. The Morgan fingerprint density at radius 3 is 2.42 bits per heavy atom. The lowest BCUT2D eigenvalue weighted by molar-refractivity contribution is 0.266. The minimum Gasteiger partial charge on any atom is -0.303 e. The van der Waals surface area contributed by atoms with Gasteiger partial charge in [-0.1, -0.05) is 0 Å². The first kappa shape index (κ1) is 9.21. The molecule has 1 aliphatic heterocycles. The Balaban J connectivity index is 1.77.